The number of carbonyl (C=O) groups excluding carboxylic acids is 4. The molecule has 1 aromatic rings. The van der Waals surface area contributed by atoms with Crippen LogP contribution in [-0.2, 0) is 44.7 Å². The summed E-state index contributed by atoms with van der Waals surface area (Å²) in [5.41, 5.74) is 0.130. The lowest BCUT2D eigenvalue weighted by Gasteiger charge is -2.43. The number of rotatable bonds is 7. The van der Waals surface area contributed by atoms with Gasteiger partial charge in [0, 0.05) is 33.8 Å². The zero-order chi connectivity index (χ0) is 21.7. The molecule has 0 aromatic carbocycles. The quantitative estimate of drug-likeness (QED) is 0.358. The van der Waals surface area contributed by atoms with E-state index in [4.69, 9.17) is 28.2 Å². The minimum Gasteiger partial charge on any atom is -0.456 e. The first-order valence-electron chi connectivity index (χ1n) is 8.83. The minimum atomic E-state index is -1.22. The molecule has 0 unspecified atom stereocenters. The second-order valence-electron chi connectivity index (χ2n) is 6.48. The van der Waals surface area contributed by atoms with Crippen molar-refractivity contribution in [1.29, 1.82) is 0 Å². The van der Waals surface area contributed by atoms with E-state index in [0.29, 0.717) is 0 Å². The van der Waals surface area contributed by atoms with Crippen molar-refractivity contribution in [3.63, 3.8) is 0 Å². The van der Waals surface area contributed by atoms with Crippen molar-refractivity contribution >= 4 is 23.7 Å². The molecule has 0 bridgehead atoms. The molecule has 29 heavy (non-hydrogen) atoms. The third kappa shape index (κ3) is 6.09. The van der Waals surface area contributed by atoms with Gasteiger partial charge in [-0.3, -0.25) is 19.2 Å². The summed E-state index contributed by atoms with van der Waals surface area (Å²) >= 11 is 0. The number of hydrogen-bond acceptors (Lipinski definition) is 11. The van der Waals surface area contributed by atoms with E-state index in [1.165, 1.54) is 26.8 Å². The van der Waals surface area contributed by atoms with Gasteiger partial charge in [-0.05, 0) is 6.92 Å². The van der Waals surface area contributed by atoms with Gasteiger partial charge >= 0.3 is 17.9 Å². The standard InChI is InChI=1S/C18H23NO10/c1-8(20)14-6-13(29-19-14)7-24-18-17(28-12(5)23)16(27-11(4)22)15(9(2)25-18)26-10(3)21/h6,9,15-18H,7H2,1-5H3/t9-,15+,16+,17-,18+/m0/s1. The number of ketones is 1. The highest BCUT2D eigenvalue weighted by Crippen LogP contribution is 2.29. The van der Waals surface area contributed by atoms with Crippen molar-refractivity contribution in [3.05, 3.63) is 17.5 Å². The summed E-state index contributed by atoms with van der Waals surface area (Å²) in [5.74, 6) is -2.02. The Hall–Kier alpha value is -2.79. The summed E-state index contributed by atoms with van der Waals surface area (Å²) in [6.45, 7) is 6.29. The molecule has 160 valence electrons. The Labute approximate surface area is 166 Å². The van der Waals surface area contributed by atoms with Gasteiger partial charge in [0.2, 0.25) is 0 Å². The molecule has 5 atom stereocenters. The Morgan fingerprint density at radius 1 is 0.931 bits per heavy atom. The lowest BCUT2D eigenvalue weighted by atomic mass is 9.99. The van der Waals surface area contributed by atoms with E-state index in [0.717, 1.165) is 6.92 Å². The van der Waals surface area contributed by atoms with E-state index >= 15 is 0 Å². The molecule has 0 spiro atoms. The van der Waals surface area contributed by atoms with Crippen LogP contribution in [0.15, 0.2) is 10.6 Å². The SMILES string of the molecule is CC(=O)O[C@H]1[C@H](OC(C)=O)[C@H](OCc2cc(C(C)=O)no2)O[C@@H](C)[C@H]1OC(C)=O. The smallest absolute Gasteiger partial charge is 0.303 e. The van der Waals surface area contributed by atoms with E-state index in [1.807, 2.05) is 0 Å². The van der Waals surface area contributed by atoms with Gasteiger partial charge in [0.25, 0.3) is 0 Å². The fourth-order valence-electron chi connectivity index (χ4n) is 2.82. The first kappa shape index (κ1) is 22.5. The maximum absolute atomic E-state index is 11.6. The fourth-order valence-corrected chi connectivity index (χ4v) is 2.82. The summed E-state index contributed by atoms with van der Waals surface area (Å²) < 4.78 is 32.1. The third-order valence-corrected chi connectivity index (χ3v) is 3.94. The number of esters is 3. The molecule has 2 heterocycles. The van der Waals surface area contributed by atoms with Crippen LogP contribution in [-0.4, -0.2) is 59.6 Å². The monoisotopic (exact) mass is 413 g/mol. The van der Waals surface area contributed by atoms with Gasteiger partial charge in [-0.15, -0.1) is 0 Å². The number of nitrogens with zero attached hydrogens (tertiary/aromatic N) is 1. The number of ether oxygens (including phenoxy) is 5. The highest BCUT2D eigenvalue weighted by atomic mass is 16.7. The average Bonchev–Trinajstić information content (AvgIpc) is 3.07. The van der Waals surface area contributed by atoms with Gasteiger partial charge in [0.05, 0.1) is 6.10 Å². The Balaban J connectivity index is 2.23. The predicted molar refractivity (Wildman–Crippen MR) is 92.3 cm³/mol. The van der Waals surface area contributed by atoms with Crippen LogP contribution < -0.4 is 0 Å². The summed E-state index contributed by atoms with van der Waals surface area (Å²) in [5, 5.41) is 3.60. The van der Waals surface area contributed by atoms with Crippen LogP contribution >= 0.6 is 0 Å². The maximum atomic E-state index is 11.6. The molecule has 0 saturated carbocycles. The van der Waals surface area contributed by atoms with Crippen LogP contribution in [0.2, 0.25) is 0 Å². The normalized spacial score (nSPS) is 26.4. The first-order valence-corrected chi connectivity index (χ1v) is 8.83. The third-order valence-electron chi connectivity index (χ3n) is 3.94. The lowest BCUT2D eigenvalue weighted by Crippen LogP contribution is -2.61. The number of carbonyl (C=O) groups is 4. The summed E-state index contributed by atoms with van der Waals surface area (Å²) in [7, 11) is 0. The molecule has 1 fully saturated rings. The second kappa shape index (κ2) is 9.61. The molecular weight excluding hydrogens is 390 g/mol. The molecule has 1 aliphatic rings. The van der Waals surface area contributed by atoms with E-state index in [2.05, 4.69) is 5.16 Å². The van der Waals surface area contributed by atoms with Crippen LogP contribution in [0.1, 0.15) is 50.9 Å². The number of Topliss-reactive ketones (excluding diaryl/α,β-unsaturated/α-hetero) is 1. The van der Waals surface area contributed by atoms with E-state index < -0.39 is 48.6 Å². The molecule has 0 aliphatic carbocycles. The number of aromatic nitrogens is 1. The Morgan fingerprint density at radius 2 is 1.48 bits per heavy atom. The van der Waals surface area contributed by atoms with Crippen molar-refractivity contribution in [2.75, 3.05) is 0 Å². The number of hydrogen-bond donors (Lipinski definition) is 0. The van der Waals surface area contributed by atoms with Crippen molar-refractivity contribution in [1.82, 2.24) is 5.16 Å². The van der Waals surface area contributed by atoms with Gasteiger partial charge in [-0.25, -0.2) is 0 Å². The van der Waals surface area contributed by atoms with Crippen LogP contribution in [0.5, 0.6) is 0 Å². The summed E-state index contributed by atoms with van der Waals surface area (Å²) in [6.07, 6.45) is -5.31. The largest absolute Gasteiger partial charge is 0.456 e. The predicted octanol–water partition coefficient (Wildman–Crippen LogP) is 0.934. The van der Waals surface area contributed by atoms with E-state index in [9.17, 15) is 19.2 Å². The molecular formula is C18H23NO10. The van der Waals surface area contributed by atoms with Gasteiger partial charge in [0.15, 0.2) is 36.1 Å². The maximum Gasteiger partial charge on any atom is 0.303 e. The van der Waals surface area contributed by atoms with Gasteiger partial charge in [0.1, 0.15) is 12.3 Å². The van der Waals surface area contributed by atoms with Crippen molar-refractivity contribution in [2.45, 2.75) is 71.9 Å². The van der Waals surface area contributed by atoms with E-state index in [-0.39, 0.29) is 23.8 Å². The topological polar surface area (TPSA) is 140 Å². The summed E-state index contributed by atoms with van der Waals surface area (Å²) in [4.78, 5) is 46.0. The van der Waals surface area contributed by atoms with Crippen LogP contribution in [0, 0.1) is 0 Å². The van der Waals surface area contributed by atoms with Crippen LogP contribution in [0.3, 0.4) is 0 Å². The summed E-state index contributed by atoms with van der Waals surface area (Å²) in [6, 6.07) is 1.40. The lowest BCUT2D eigenvalue weighted by molar-refractivity contribution is -0.304. The Kier molecular flexibility index (Phi) is 7.46. The average molecular weight is 413 g/mol. The van der Waals surface area contributed by atoms with Gasteiger partial charge in [-0.1, -0.05) is 5.16 Å². The second-order valence-corrected chi connectivity index (χ2v) is 6.48. The first-order chi connectivity index (χ1) is 13.6. The highest BCUT2D eigenvalue weighted by molar-refractivity contribution is 5.91. The zero-order valence-corrected chi connectivity index (χ0v) is 16.7. The van der Waals surface area contributed by atoms with Crippen molar-refractivity contribution in [2.24, 2.45) is 0 Å². The molecule has 2 rings (SSSR count). The van der Waals surface area contributed by atoms with Crippen LogP contribution in [0.25, 0.3) is 0 Å². The molecule has 1 aromatic heterocycles. The highest BCUT2D eigenvalue weighted by Gasteiger charge is 2.51. The van der Waals surface area contributed by atoms with Gasteiger partial charge < -0.3 is 28.2 Å². The van der Waals surface area contributed by atoms with E-state index in [1.54, 1.807) is 6.92 Å². The molecule has 0 amide bonds. The Morgan fingerprint density at radius 3 is 2.00 bits per heavy atom. The molecule has 11 nitrogen and oxygen atoms in total. The molecule has 11 heteroatoms. The zero-order valence-electron chi connectivity index (χ0n) is 16.7. The Bertz CT molecular complexity index is 772. The molecule has 1 aliphatic heterocycles. The molecule has 0 radical (unpaired) electrons. The van der Waals surface area contributed by atoms with Gasteiger partial charge in [-0.2, -0.15) is 0 Å². The fraction of sp³-hybridized carbons (Fsp3) is 0.611. The van der Waals surface area contributed by atoms with Crippen LogP contribution in [0.4, 0.5) is 0 Å². The molecule has 0 N–H and O–H groups in total. The van der Waals surface area contributed by atoms with Crippen molar-refractivity contribution in [3.8, 4) is 0 Å². The minimum absolute atomic E-state index is 0.130. The molecule has 1 saturated heterocycles. The van der Waals surface area contributed by atoms with Crippen molar-refractivity contribution < 1.29 is 47.4 Å².